The summed E-state index contributed by atoms with van der Waals surface area (Å²) in [6.07, 6.45) is -5.01. The zero-order chi connectivity index (χ0) is 23.8. The maximum Gasteiger partial charge on any atom is 0.429 e. The van der Waals surface area contributed by atoms with Crippen molar-refractivity contribution in [2.45, 2.75) is 31.0 Å². The van der Waals surface area contributed by atoms with Crippen LogP contribution >= 0.6 is 0 Å². The Bertz CT molecular complexity index is 1390. The Kier molecular flexibility index (Phi) is 5.66. The molecule has 0 spiro atoms. The normalized spacial score (nSPS) is 13.1. The van der Waals surface area contributed by atoms with Gasteiger partial charge in [-0.3, -0.25) is 9.71 Å². The van der Waals surface area contributed by atoms with Crippen LogP contribution in [0.4, 0.5) is 19.0 Å². The average Bonchev–Trinajstić information content (AvgIpc) is 3.10. The third kappa shape index (κ3) is 4.58. The molecule has 9 nitrogen and oxygen atoms in total. The van der Waals surface area contributed by atoms with Gasteiger partial charge >= 0.3 is 6.18 Å². The van der Waals surface area contributed by atoms with Gasteiger partial charge in [0.25, 0.3) is 15.9 Å². The molecule has 1 unspecified atom stereocenters. The lowest BCUT2D eigenvalue weighted by atomic mass is 10.1. The van der Waals surface area contributed by atoms with Crippen LogP contribution < -0.4 is 9.46 Å². The second-order valence-electron chi connectivity index (χ2n) is 6.95. The molecule has 3 aromatic heterocycles. The van der Waals surface area contributed by atoms with Gasteiger partial charge in [0.1, 0.15) is 5.69 Å². The standard InChI is InChI=1S/C20H16F3N5O4S/c1-11-16(12(2)32-27-11)33(29,30)28-18-19(26-15-8-4-3-7-14(15)25-18)31-17(20(21,22)23)13-6-5-9-24-10-13/h3-10,17H,1-2H3,(H,25,28). The number of ether oxygens (including phenoxy) is 1. The van der Waals surface area contributed by atoms with Gasteiger partial charge in [-0.05, 0) is 32.0 Å². The minimum absolute atomic E-state index is 0.000236. The number of aromatic nitrogens is 4. The maximum atomic E-state index is 13.8. The predicted octanol–water partition coefficient (Wildman–Crippen LogP) is 4.11. The molecule has 0 amide bonds. The number of sulfonamides is 1. The van der Waals surface area contributed by atoms with Gasteiger partial charge in [0.05, 0.1) is 11.0 Å². The molecule has 0 aliphatic heterocycles. The van der Waals surface area contributed by atoms with Crippen LogP contribution in [0.15, 0.2) is 58.2 Å². The zero-order valence-corrected chi connectivity index (χ0v) is 18.0. The first-order valence-electron chi connectivity index (χ1n) is 9.42. The lowest BCUT2D eigenvalue weighted by Crippen LogP contribution is -2.27. The highest BCUT2D eigenvalue weighted by Gasteiger charge is 2.44. The second-order valence-corrected chi connectivity index (χ2v) is 8.57. The van der Waals surface area contributed by atoms with Gasteiger partial charge in [0.2, 0.25) is 11.9 Å². The molecule has 1 aromatic carbocycles. The van der Waals surface area contributed by atoms with Crippen LogP contribution in [-0.2, 0) is 10.0 Å². The molecular weight excluding hydrogens is 463 g/mol. The molecule has 0 aliphatic rings. The number of nitrogens with zero attached hydrogens (tertiary/aromatic N) is 4. The van der Waals surface area contributed by atoms with E-state index in [1.807, 2.05) is 0 Å². The zero-order valence-electron chi connectivity index (χ0n) is 17.2. The highest BCUT2D eigenvalue weighted by atomic mass is 32.2. The van der Waals surface area contributed by atoms with Crippen molar-refractivity contribution in [1.82, 2.24) is 20.1 Å². The smallest absolute Gasteiger partial charge is 0.429 e. The van der Waals surface area contributed by atoms with Gasteiger partial charge in [-0.25, -0.2) is 18.4 Å². The molecule has 172 valence electrons. The van der Waals surface area contributed by atoms with Gasteiger partial charge in [0.15, 0.2) is 10.7 Å². The van der Waals surface area contributed by atoms with E-state index in [1.54, 1.807) is 12.1 Å². The van der Waals surface area contributed by atoms with Crippen molar-refractivity contribution in [1.29, 1.82) is 0 Å². The molecule has 33 heavy (non-hydrogen) atoms. The van der Waals surface area contributed by atoms with Crippen LogP contribution in [0.1, 0.15) is 23.1 Å². The average molecular weight is 479 g/mol. The van der Waals surface area contributed by atoms with Crippen molar-refractivity contribution in [2.75, 3.05) is 4.72 Å². The highest BCUT2D eigenvalue weighted by molar-refractivity contribution is 7.92. The summed E-state index contributed by atoms with van der Waals surface area (Å²) in [5.74, 6) is -1.18. The number of nitrogens with one attached hydrogen (secondary N) is 1. The molecule has 4 rings (SSSR count). The number of alkyl halides is 3. The van der Waals surface area contributed by atoms with Crippen LogP contribution in [0.5, 0.6) is 5.88 Å². The van der Waals surface area contributed by atoms with E-state index in [9.17, 15) is 21.6 Å². The molecule has 1 N–H and O–H groups in total. The molecule has 0 saturated carbocycles. The van der Waals surface area contributed by atoms with Gasteiger partial charge < -0.3 is 9.26 Å². The summed E-state index contributed by atoms with van der Waals surface area (Å²) in [5.41, 5.74) is 0.227. The number of para-hydroxylation sites is 2. The number of pyridine rings is 1. The van der Waals surface area contributed by atoms with Crippen LogP contribution in [0.25, 0.3) is 11.0 Å². The van der Waals surface area contributed by atoms with E-state index in [0.717, 1.165) is 6.20 Å². The summed E-state index contributed by atoms with van der Waals surface area (Å²) in [5, 5.41) is 3.60. The van der Waals surface area contributed by atoms with E-state index in [2.05, 4.69) is 24.8 Å². The Balaban J connectivity index is 1.83. The lowest BCUT2D eigenvalue weighted by molar-refractivity contribution is -0.198. The number of fused-ring (bicyclic) bond motifs is 1. The molecule has 0 saturated heterocycles. The fourth-order valence-electron chi connectivity index (χ4n) is 3.14. The van der Waals surface area contributed by atoms with Gasteiger partial charge in [-0.15, -0.1) is 0 Å². The third-order valence-electron chi connectivity index (χ3n) is 4.52. The van der Waals surface area contributed by atoms with Gasteiger partial charge in [-0.2, -0.15) is 13.2 Å². The summed E-state index contributed by atoms with van der Waals surface area (Å²) >= 11 is 0. The first-order chi connectivity index (χ1) is 15.6. The molecule has 13 heteroatoms. The molecular formula is C20H16F3N5O4S. The minimum atomic E-state index is -4.85. The first-order valence-corrected chi connectivity index (χ1v) is 10.9. The Morgan fingerprint density at radius 1 is 1.06 bits per heavy atom. The number of aryl methyl sites for hydroxylation is 2. The number of benzene rings is 1. The summed E-state index contributed by atoms with van der Waals surface area (Å²) in [7, 11) is -4.34. The number of rotatable bonds is 6. The summed E-state index contributed by atoms with van der Waals surface area (Å²) in [4.78, 5) is 11.7. The summed E-state index contributed by atoms with van der Waals surface area (Å²) in [6, 6.07) is 8.78. The van der Waals surface area contributed by atoms with E-state index in [0.29, 0.717) is 0 Å². The minimum Gasteiger partial charge on any atom is -0.457 e. The van der Waals surface area contributed by atoms with E-state index in [4.69, 9.17) is 9.26 Å². The molecule has 0 aliphatic carbocycles. The Labute approximate surface area is 185 Å². The monoisotopic (exact) mass is 479 g/mol. The van der Waals surface area contributed by atoms with E-state index >= 15 is 0 Å². The van der Waals surface area contributed by atoms with E-state index < -0.39 is 34.0 Å². The Morgan fingerprint density at radius 3 is 2.33 bits per heavy atom. The summed E-state index contributed by atoms with van der Waals surface area (Å²) < 4.78 is 79.8. The fourth-order valence-corrected chi connectivity index (χ4v) is 4.47. The number of hydrogen-bond donors (Lipinski definition) is 1. The van der Waals surface area contributed by atoms with Gasteiger partial charge in [0, 0.05) is 18.0 Å². The molecule has 0 fully saturated rings. The van der Waals surface area contributed by atoms with Crippen molar-refractivity contribution < 1.29 is 30.8 Å². The predicted molar refractivity (Wildman–Crippen MR) is 110 cm³/mol. The maximum absolute atomic E-state index is 13.8. The first kappa shape index (κ1) is 22.5. The molecule has 3 heterocycles. The second kappa shape index (κ2) is 8.31. The Hall–Kier alpha value is -3.74. The molecule has 4 aromatic rings. The SMILES string of the molecule is Cc1noc(C)c1S(=O)(=O)Nc1nc2ccccc2nc1OC(c1cccnc1)C(F)(F)F. The van der Waals surface area contributed by atoms with Crippen molar-refractivity contribution in [3.8, 4) is 5.88 Å². The van der Waals surface area contributed by atoms with Crippen LogP contribution in [-0.4, -0.2) is 34.7 Å². The third-order valence-corrected chi connectivity index (χ3v) is 6.10. The van der Waals surface area contributed by atoms with Crippen molar-refractivity contribution in [3.63, 3.8) is 0 Å². The van der Waals surface area contributed by atoms with Crippen LogP contribution in [0.2, 0.25) is 0 Å². The van der Waals surface area contributed by atoms with Crippen LogP contribution in [0, 0.1) is 13.8 Å². The lowest BCUT2D eigenvalue weighted by Gasteiger charge is -2.22. The van der Waals surface area contributed by atoms with Crippen molar-refractivity contribution in [3.05, 3.63) is 65.8 Å². The Morgan fingerprint density at radius 2 is 1.76 bits per heavy atom. The van der Waals surface area contributed by atoms with Crippen molar-refractivity contribution in [2.24, 2.45) is 0 Å². The van der Waals surface area contributed by atoms with E-state index in [-0.39, 0.29) is 32.9 Å². The number of halogens is 3. The highest BCUT2D eigenvalue weighted by Crippen LogP contribution is 2.38. The summed E-state index contributed by atoms with van der Waals surface area (Å²) in [6.45, 7) is 2.80. The topological polar surface area (TPSA) is 120 Å². The quantitative estimate of drug-likeness (QED) is 0.439. The largest absolute Gasteiger partial charge is 0.457 e. The van der Waals surface area contributed by atoms with E-state index in [1.165, 1.54) is 44.3 Å². The van der Waals surface area contributed by atoms with Crippen LogP contribution in [0.3, 0.4) is 0 Å². The number of hydrogen-bond acceptors (Lipinski definition) is 8. The molecule has 0 bridgehead atoms. The van der Waals surface area contributed by atoms with Gasteiger partial charge in [-0.1, -0.05) is 23.4 Å². The number of anilines is 1. The molecule has 1 atom stereocenters. The fraction of sp³-hybridized carbons (Fsp3) is 0.200. The van der Waals surface area contributed by atoms with Crippen molar-refractivity contribution >= 4 is 26.9 Å². The molecule has 0 radical (unpaired) electrons.